The molecular weight excluding hydrogens is 246 g/mol. The van der Waals surface area contributed by atoms with Crippen LogP contribution in [0.4, 0.5) is 5.69 Å². The maximum absolute atomic E-state index is 12.0. The van der Waals surface area contributed by atoms with Crippen LogP contribution in [0.2, 0.25) is 0 Å². The number of terminal acetylenes is 1. The van der Waals surface area contributed by atoms with E-state index in [1.807, 2.05) is 0 Å². The minimum Gasteiger partial charge on any atom is -0.280 e. The third-order valence-corrected chi connectivity index (χ3v) is 3.75. The minimum absolute atomic E-state index is 0.228. The fraction of sp³-hybridized carbons (Fsp3) is 0. The number of anilines is 1. The Hall–Kier alpha value is -2.25. The van der Waals surface area contributed by atoms with E-state index >= 15 is 0 Å². The molecule has 0 radical (unpaired) electrons. The van der Waals surface area contributed by atoms with Gasteiger partial charge in [0.1, 0.15) is 0 Å². The van der Waals surface area contributed by atoms with Crippen LogP contribution in [0.25, 0.3) is 0 Å². The fourth-order valence-corrected chi connectivity index (χ4v) is 2.53. The lowest BCUT2D eigenvalue weighted by Gasteiger charge is -2.07. The summed E-state index contributed by atoms with van der Waals surface area (Å²) in [5.74, 6) is 2.47. The smallest absolute Gasteiger partial charge is 0.261 e. The van der Waals surface area contributed by atoms with E-state index in [0.717, 1.165) is 0 Å². The van der Waals surface area contributed by atoms with Crippen LogP contribution in [0.3, 0.4) is 0 Å². The van der Waals surface area contributed by atoms with Crippen LogP contribution in [-0.2, 0) is 10.0 Å². The van der Waals surface area contributed by atoms with Crippen LogP contribution in [-0.4, -0.2) is 8.42 Å². The lowest BCUT2D eigenvalue weighted by molar-refractivity contribution is 0.601. The predicted molar refractivity (Wildman–Crippen MR) is 71.6 cm³/mol. The van der Waals surface area contributed by atoms with Gasteiger partial charge in [-0.3, -0.25) is 4.72 Å². The van der Waals surface area contributed by atoms with Crippen molar-refractivity contribution in [1.29, 1.82) is 0 Å². The van der Waals surface area contributed by atoms with Crippen molar-refractivity contribution in [3.63, 3.8) is 0 Å². The SMILES string of the molecule is C#Cc1ccc(NS(=O)(=O)c2ccccc2)cc1. The third-order valence-electron chi connectivity index (χ3n) is 2.36. The van der Waals surface area contributed by atoms with Gasteiger partial charge >= 0.3 is 0 Å². The molecule has 0 aliphatic carbocycles. The molecule has 90 valence electrons. The van der Waals surface area contributed by atoms with Gasteiger partial charge in [-0.15, -0.1) is 6.42 Å². The molecular formula is C14H11NO2S. The molecule has 0 atom stereocenters. The standard InChI is InChI=1S/C14H11NO2S/c1-2-12-8-10-13(11-9-12)15-18(16,17)14-6-4-3-5-7-14/h1,3-11,15H. The first-order valence-corrected chi connectivity index (χ1v) is 6.75. The first kappa shape index (κ1) is 12.2. The van der Waals surface area contributed by atoms with Crippen LogP contribution >= 0.6 is 0 Å². The minimum atomic E-state index is -3.53. The van der Waals surface area contributed by atoms with Crippen molar-refractivity contribution in [1.82, 2.24) is 0 Å². The van der Waals surface area contributed by atoms with Gasteiger partial charge in [-0.2, -0.15) is 0 Å². The summed E-state index contributed by atoms with van der Waals surface area (Å²) in [6.07, 6.45) is 5.23. The number of rotatable bonds is 3. The second-order valence-corrected chi connectivity index (χ2v) is 5.32. The van der Waals surface area contributed by atoms with Gasteiger partial charge in [-0.05, 0) is 36.4 Å². The number of benzene rings is 2. The second kappa shape index (κ2) is 4.94. The highest BCUT2D eigenvalue weighted by Crippen LogP contribution is 2.15. The van der Waals surface area contributed by atoms with Crippen molar-refractivity contribution in [2.75, 3.05) is 4.72 Å². The molecule has 2 aromatic carbocycles. The van der Waals surface area contributed by atoms with Crippen LogP contribution in [0.5, 0.6) is 0 Å². The molecule has 2 rings (SSSR count). The normalized spacial score (nSPS) is 10.6. The second-order valence-electron chi connectivity index (χ2n) is 3.64. The van der Waals surface area contributed by atoms with Crippen molar-refractivity contribution in [3.05, 3.63) is 60.2 Å². The lowest BCUT2D eigenvalue weighted by atomic mass is 10.2. The molecule has 0 aliphatic rings. The van der Waals surface area contributed by atoms with Crippen LogP contribution in [0, 0.1) is 12.3 Å². The van der Waals surface area contributed by atoms with E-state index < -0.39 is 10.0 Å². The van der Waals surface area contributed by atoms with E-state index in [1.165, 1.54) is 12.1 Å². The van der Waals surface area contributed by atoms with Gasteiger partial charge in [0, 0.05) is 11.3 Å². The summed E-state index contributed by atoms with van der Waals surface area (Å²) < 4.78 is 26.5. The van der Waals surface area contributed by atoms with E-state index in [1.54, 1.807) is 42.5 Å². The zero-order valence-corrected chi connectivity index (χ0v) is 10.3. The summed E-state index contributed by atoms with van der Waals surface area (Å²) in [6.45, 7) is 0. The predicted octanol–water partition coefficient (Wildman–Crippen LogP) is 2.47. The Kier molecular flexibility index (Phi) is 3.35. The summed E-state index contributed by atoms with van der Waals surface area (Å²) in [6, 6.07) is 14.8. The Bertz CT molecular complexity index is 668. The molecule has 2 aromatic rings. The van der Waals surface area contributed by atoms with Gasteiger partial charge in [0.25, 0.3) is 10.0 Å². The number of nitrogens with one attached hydrogen (secondary N) is 1. The highest BCUT2D eigenvalue weighted by atomic mass is 32.2. The van der Waals surface area contributed by atoms with E-state index in [2.05, 4.69) is 10.6 Å². The molecule has 0 bridgehead atoms. The molecule has 0 saturated carbocycles. The molecule has 0 aromatic heterocycles. The number of hydrogen-bond donors (Lipinski definition) is 1. The summed E-state index contributed by atoms with van der Waals surface area (Å²) >= 11 is 0. The van der Waals surface area contributed by atoms with Crippen molar-refractivity contribution in [2.45, 2.75) is 4.90 Å². The highest BCUT2D eigenvalue weighted by Gasteiger charge is 2.12. The van der Waals surface area contributed by atoms with Gasteiger partial charge < -0.3 is 0 Å². The van der Waals surface area contributed by atoms with E-state index in [0.29, 0.717) is 11.3 Å². The zero-order chi connectivity index (χ0) is 13.0. The Morgan fingerprint density at radius 1 is 0.944 bits per heavy atom. The Morgan fingerprint density at radius 2 is 1.56 bits per heavy atom. The first-order valence-electron chi connectivity index (χ1n) is 5.26. The fourth-order valence-electron chi connectivity index (χ4n) is 1.45. The summed E-state index contributed by atoms with van der Waals surface area (Å²) in [5.41, 5.74) is 1.19. The van der Waals surface area contributed by atoms with Crippen molar-refractivity contribution in [3.8, 4) is 12.3 Å². The highest BCUT2D eigenvalue weighted by molar-refractivity contribution is 7.92. The molecule has 0 unspecified atom stereocenters. The van der Waals surface area contributed by atoms with Crippen molar-refractivity contribution in [2.24, 2.45) is 0 Å². The molecule has 0 amide bonds. The summed E-state index contributed by atoms with van der Waals surface area (Å²) in [7, 11) is -3.53. The van der Waals surface area contributed by atoms with Crippen molar-refractivity contribution >= 4 is 15.7 Å². The van der Waals surface area contributed by atoms with Crippen LogP contribution in [0.1, 0.15) is 5.56 Å². The Morgan fingerprint density at radius 3 is 2.11 bits per heavy atom. The van der Waals surface area contributed by atoms with Gasteiger partial charge in [0.15, 0.2) is 0 Å². The Labute approximate surface area is 107 Å². The first-order chi connectivity index (χ1) is 8.62. The summed E-state index contributed by atoms with van der Waals surface area (Å²) in [4.78, 5) is 0.228. The number of hydrogen-bond acceptors (Lipinski definition) is 2. The van der Waals surface area contributed by atoms with Gasteiger partial charge in [-0.1, -0.05) is 24.1 Å². The average Bonchev–Trinajstić information content (AvgIpc) is 2.40. The van der Waals surface area contributed by atoms with E-state index in [-0.39, 0.29) is 4.90 Å². The maximum atomic E-state index is 12.0. The lowest BCUT2D eigenvalue weighted by Crippen LogP contribution is -2.12. The quantitative estimate of drug-likeness (QED) is 0.859. The van der Waals surface area contributed by atoms with Crippen LogP contribution in [0.15, 0.2) is 59.5 Å². The zero-order valence-electron chi connectivity index (χ0n) is 9.50. The molecule has 0 saturated heterocycles. The molecule has 3 nitrogen and oxygen atoms in total. The Balaban J connectivity index is 2.26. The molecule has 0 spiro atoms. The molecule has 1 N–H and O–H groups in total. The molecule has 4 heteroatoms. The largest absolute Gasteiger partial charge is 0.280 e. The molecule has 0 heterocycles. The van der Waals surface area contributed by atoms with Crippen molar-refractivity contribution < 1.29 is 8.42 Å². The number of sulfonamides is 1. The maximum Gasteiger partial charge on any atom is 0.261 e. The third kappa shape index (κ3) is 2.70. The molecule has 0 fully saturated rings. The van der Waals surface area contributed by atoms with Gasteiger partial charge in [0.2, 0.25) is 0 Å². The van der Waals surface area contributed by atoms with Gasteiger partial charge in [-0.25, -0.2) is 8.42 Å². The topological polar surface area (TPSA) is 46.2 Å². The monoisotopic (exact) mass is 257 g/mol. The van der Waals surface area contributed by atoms with E-state index in [9.17, 15) is 8.42 Å². The molecule has 18 heavy (non-hydrogen) atoms. The summed E-state index contributed by atoms with van der Waals surface area (Å²) in [5, 5.41) is 0. The van der Waals surface area contributed by atoms with E-state index in [4.69, 9.17) is 6.42 Å². The molecule has 0 aliphatic heterocycles. The van der Waals surface area contributed by atoms with Crippen LogP contribution < -0.4 is 4.72 Å². The average molecular weight is 257 g/mol. The van der Waals surface area contributed by atoms with Gasteiger partial charge in [0.05, 0.1) is 4.90 Å².